The van der Waals surface area contributed by atoms with Crippen LogP contribution in [0.3, 0.4) is 0 Å². The smallest absolute Gasteiger partial charge is 0.253 e. The van der Waals surface area contributed by atoms with Gasteiger partial charge in [0.05, 0.1) is 5.02 Å². The van der Waals surface area contributed by atoms with Crippen LogP contribution in [0.15, 0.2) is 60.7 Å². The molecule has 0 aliphatic carbocycles. The zero-order valence-corrected chi connectivity index (χ0v) is 20.0. The minimum absolute atomic E-state index is 0.00248. The molecule has 1 aliphatic heterocycles. The van der Waals surface area contributed by atoms with Crippen molar-refractivity contribution in [1.82, 2.24) is 9.80 Å². The second kappa shape index (κ2) is 10.7. The molecule has 172 valence electrons. The van der Waals surface area contributed by atoms with E-state index in [2.05, 4.69) is 4.90 Å². The van der Waals surface area contributed by atoms with Crippen molar-refractivity contribution in [2.45, 2.75) is 13.2 Å². The van der Waals surface area contributed by atoms with Crippen LogP contribution in [0, 0.1) is 5.82 Å². The van der Waals surface area contributed by atoms with E-state index in [1.807, 2.05) is 29.2 Å². The molecule has 0 bridgehead atoms. The van der Waals surface area contributed by atoms with Gasteiger partial charge in [-0.2, -0.15) is 0 Å². The van der Waals surface area contributed by atoms with Gasteiger partial charge in [0, 0.05) is 48.3 Å². The van der Waals surface area contributed by atoms with E-state index in [0.717, 1.165) is 24.2 Å². The zero-order valence-electron chi connectivity index (χ0n) is 17.7. The fourth-order valence-electron chi connectivity index (χ4n) is 3.68. The van der Waals surface area contributed by atoms with Crippen molar-refractivity contribution in [2.75, 3.05) is 26.2 Å². The maximum Gasteiger partial charge on any atom is 0.253 e. The van der Waals surface area contributed by atoms with E-state index < -0.39 is 0 Å². The quantitative estimate of drug-likeness (QED) is 0.391. The van der Waals surface area contributed by atoms with Gasteiger partial charge in [0.1, 0.15) is 18.2 Å². The highest BCUT2D eigenvalue weighted by Crippen LogP contribution is 2.28. The molecule has 33 heavy (non-hydrogen) atoms. The Labute approximate surface area is 207 Å². The summed E-state index contributed by atoms with van der Waals surface area (Å²) in [5, 5.41) is 1.43. The monoisotopic (exact) mass is 506 g/mol. The van der Waals surface area contributed by atoms with Crippen LogP contribution >= 0.6 is 34.8 Å². The summed E-state index contributed by atoms with van der Waals surface area (Å²) in [7, 11) is 0. The number of piperazine rings is 1. The van der Waals surface area contributed by atoms with E-state index in [0.29, 0.717) is 52.6 Å². The summed E-state index contributed by atoms with van der Waals surface area (Å²) in [6.45, 7) is 3.67. The van der Waals surface area contributed by atoms with E-state index in [4.69, 9.17) is 39.5 Å². The number of rotatable bonds is 6. The number of carbonyl (C=O) groups is 1. The minimum atomic E-state index is -0.342. The highest BCUT2D eigenvalue weighted by Gasteiger charge is 2.22. The summed E-state index contributed by atoms with van der Waals surface area (Å²) in [4.78, 5) is 17.0. The van der Waals surface area contributed by atoms with Crippen molar-refractivity contribution in [3.05, 3.63) is 98.2 Å². The predicted octanol–water partition coefficient (Wildman–Crippen LogP) is 6.32. The SMILES string of the molecule is O=C(c1ccc(COc2ccc(Cl)cc2Cl)cc1)N1CCN(Cc2ccc(F)cc2Cl)CC1. The van der Waals surface area contributed by atoms with Crippen LogP contribution in [0.1, 0.15) is 21.5 Å². The normalized spacial score (nSPS) is 14.4. The van der Waals surface area contributed by atoms with Crippen molar-refractivity contribution in [3.8, 4) is 5.75 Å². The lowest BCUT2D eigenvalue weighted by Crippen LogP contribution is -2.48. The van der Waals surface area contributed by atoms with E-state index in [9.17, 15) is 9.18 Å². The lowest BCUT2D eigenvalue weighted by Gasteiger charge is -2.35. The Morgan fingerprint density at radius 3 is 2.27 bits per heavy atom. The Kier molecular flexibility index (Phi) is 7.76. The maximum atomic E-state index is 13.2. The first-order valence-corrected chi connectivity index (χ1v) is 11.6. The van der Waals surface area contributed by atoms with E-state index in [1.54, 1.807) is 24.3 Å². The van der Waals surface area contributed by atoms with Crippen molar-refractivity contribution in [3.63, 3.8) is 0 Å². The number of halogens is 4. The Morgan fingerprint density at radius 1 is 0.879 bits per heavy atom. The van der Waals surface area contributed by atoms with Crippen molar-refractivity contribution < 1.29 is 13.9 Å². The maximum absolute atomic E-state index is 13.2. The van der Waals surface area contributed by atoms with Gasteiger partial charge in [-0.1, -0.05) is 53.0 Å². The third kappa shape index (κ3) is 6.18. The lowest BCUT2D eigenvalue weighted by atomic mass is 10.1. The van der Waals surface area contributed by atoms with Crippen LogP contribution in [-0.4, -0.2) is 41.9 Å². The van der Waals surface area contributed by atoms with Crippen LogP contribution in [-0.2, 0) is 13.2 Å². The third-order valence-electron chi connectivity index (χ3n) is 5.56. The number of amides is 1. The number of hydrogen-bond donors (Lipinski definition) is 0. The van der Waals surface area contributed by atoms with Crippen LogP contribution in [0.25, 0.3) is 0 Å². The molecule has 0 saturated carbocycles. The zero-order chi connectivity index (χ0) is 23.4. The number of hydrogen-bond acceptors (Lipinski definition) is 3. The van der Waals surface area contributed by atoms with Gasteiger partial charge in [0.25, 0.3) is 5.91 Å². The van der Waals surface area contributed by atoms with Gasteiger partial charge in [0.15, 0.2) is 0 Å². The molecule has 4 rings (SSSR count). The summed E-state index contributed by atoms with van der Waals surface area (Å²) < 4.78 is 19.0. The summed E-state index contributed by atoms with van der Waals surface area (Å²) in [6.07, 6.45) is 0. The Hall–Kier alpha value is -2.31. The van der Waals surface area contributed by atoms with Crippen LogP contribution in [0.2, 0.25) is 15.1 Å². The summed E-state index contributed by atoms with van der Waals surface area (Å²) >= 11 is 18.2. The van der Waals surface area contributed by atoms with Gasteiger partial charge in [-0.15, -0.1) is 0 Å². The molecule has 1 amide bonds. The number of benzene rings is 3. The molecule has 1 fully saturated rings. The molecular formula is C25H22Cl3FN2O2. The van der Waals surface area contributed by atoms with Crippen LogP contribution < -0.4 is 4.74 Å². The van der Waals surface area contributed by atoms with Gasteiger partial charge >= 0.3 is 0 Å². The van der Waals surface area contributed by atoms with Crippen LogP contribution in [0.4, 0.5) is 4.39 Å². The molecule has 0 spiro atoms. The fourth-order valence-corrected chi connectivity index (χ4v) is 4.37. The highest BCUT2D eigenvalue weighted by atomic mass is 35.5. The molecule has 0 unspecified atom stereocenters. The topological polar surface area (TPSA) is 32.8 Å². The average molecular weight is 508 g/mol. The molecule has 0 radical (unpaired) electrons. The molecule has 8 heteroatoms. The molecular weight excluding hydrogens is 486 g/mol. The molecule has 3 aromatic rings. The minimum Gasteiger partial charge on any atom is -0.487 e. The summed E-state index contributed by atoms with van der Waals surface area (Å²) in [5.41, 5.74) is 2.45. The summed E-state index contributed by atoms with van der Waals surface area (Å²) in [6, 6.07) is 16.9. The largest absolute Gasteiger partial charge is 0.487 e. The van der Waals surface area contributed by atoms with E-state index >= 15 is 0 Å². The third-order valence-corrected chi connectivity index (χ3v) is 6.44. The molecule has 3 aromatic carbocycles. The molecule has 0 aromatic heterocycles. The van der Waals surface area contributed by atoms with Crippen molar-refractivity contribution in [1.29, 1.82) is 0 Å². The summed E-state index contributed by atoms with van der Waals surface area (Å²) in [5.74, 6) is 0.217. The highest BCUT2D eigenvalue weighted by molar-refractivity contribution is 6.35. The molecule has 1 aliphatic rings. The standard InChI is InChI=1S/C25H22Cl3FN2O2/c26-20-6-8-24(23(28)13-20)33-16-17-1-3-18(4-2-17)25(32)31-11-9-30(10-12-31)15-19-5-7-21(29)14-22(19)27/h1-8,13-14H,9-12,15-16H2. The first kappa shape index (κ1) is 23.8. The fraction of sp³-hybridized carbons (Fsp3) is 0.240. The molecule has 1 heterocycles. The first-order valence-electron chi connectivity index (χ1n) is 10.5. The molecule has 0 atom stereocenters. The van der Waals surface area contributed by atoms with Gasteiger partial charge in [-0.25, -0.2) is 4.39 Å². The van der Waals surface area contributed by atoms with Gasteiger partial charge in [-0.3, -0.25) is 9.69 Å². The Bertz CT molecular complexity index is 1130. The van der Waals surface area contributed by atoms with Gasteiger partial charge in [-0.05, 0) is 53.6 Å². The molecule has 1 saturated heterocycles. The number of ether oxygens (including phenoxy) is 1. The van der Waals surface area contributed by atoms with Crippen molar-refractivity contribution in [2.24, 2.45) is 0 Å². The number of nitrogens with zero attached hydrogens (tertiary/aromatic N) is 2. The predicted molar refractivity (Wildman–Crippen MR) is 130 cm³/mol. The second-order valence-corrected chi connectivity index (χ2v) is 9.12. The second-order valence-electron chi connectivity index (χ2n) is 7.86. The van der Waals surface area contributed by atoms with Gasteiger partial charge < -0.3 is 9.64 Å². The molecule has 0 N–H and O–H groups in total. The lowest BCUT2D eigenvalue weighted by molar-refractivity contribution is 0.0628. The van der Waals surface area contributed by atoms with E-state index in [1.165, 1.54) is 12.1 Å². The Balaban J connectivity index is 1.28. The van der Waals surface area contributed by atoms with Gasteiger partial charge in [0.2, 0.25) is 0 Å². The number of carbonyl (C=O) groups excluding carboxylic acids is 1. The van der Waals surface area contributed by atoms with Crippen LogP contribution in [0.5, 0.6) is 5.75 Å². The average Bonchev–Trinajstić information content (AvgIpc) is 2.81. The molecule has 4 nitrogen and oxygen atoms in total. The Morgan fingerprint density at radius 2 is 1.61 bits per heavy atom. The van der Waals surface area contributed by atoms with Crippen molar-refractivity contribution >= 4 is 40.7 Å². The first-order chi connectivity index (χ1) is 15.9. The van der Waals surface area contributed by atoms with E-state index in [-0.39, 0.29) is 11.7 Å².